The first-order valence-corrected chi connectivity index (χ1v) is 5.41. The van der Waals surface area contributed by atoms with E-state index in [0.717, 1.165) is 6.42 Å². The molecule has 0 N–H and O–H groups in total. The Hall–Kier alpha value is -0.560. The third kappa shape index (κ3) is 2.02. The molecular weight excluding hydrogens is 182 g/mol. The Morgan fingerprint density at radius 1 is 1.00 bits per heavy atom. The Bertz CT molecular complexity index is 260. The lowest BCUT2D eigenvalue weighted by atomic mass is 9.94. The molecule has 0 aliphatic heterocycles. The van der Waals surface area contributed by atoms with Gasteiger partial charge in [-0.2, -0.15) is 0 Å². The van der Waals surface area contributed by atoms with Gasteiger partial charge in [0.25, 0.3) is 0 Å². The van der Waals surface area contributed by atoms with Crippen LogP contribution >= 0.6 is 11.6 Å². The van der Waals surface area contributed by atoms with Gasteiger partial charge >= 0.3 is 0 Å². The Balaban J connectivity index is 2.15. The zero-order valence-electron chi connectivity index (χ0n) is 7.70. The van der Waals surface area contributed by atoms with E-state index in [-0.39, 0.29) is 0 Å². The molecule has 1 aromatic rings. The molecule has 1 saturated carbocycles. The molecule has 0 bridgehead atoms. The standard InChI is InChI=1S/C11H15ClN/c12-10-6-2-3-7-11(10)13-8-4-1-5-9-13/h1,4-5,8-11H,2-3,6-7H2/q+1. The number of hydrogen-bond acceptors (Lipinski definition) is 0. The molecule has 1 aliphatic carbocycles. The number of nitrogens with zero attached hydrogens (tertiary/aromatic N) is 1. The third-order valence-electron chi connectivity index (χ3n) is 2.77. The Morgan fingerprint density at radius 3 is 2.38 bits per heavy atom. The summed E-state index contributed by atoms with van der Waals surface area (Å²) in [6.07, 6.45) is 9.22. The van der Waals surface area contributed by atoms with Crippen LogP contribution in [0, 0.1) is 0 Å². The minimum Gasteiger partial charge on any atom is -0.201 e. The number of hydrogen-bond donors (Lipinski definition) is 0. The van der Waals surface area contributed by atoms with Gasteiger partial charge in [-0.25, -0.2) is 4.57 Å². The summed E-state index contributed by atoms with van der Waals surface area (Å²) >= 11 is 6.30. The van der Waals surface area contributed by atoms with Crippen molar-refractivity contribution >= 4 is 11.6 Å². The highest BCUT2D eigenvalue weighted by atomic mass is 35.5. The average molecular weight is 197 g/mol. The van der Waals surface area contributed by atoms with Crippen molar-refractivity contribution in [2.75, 3.05) is 0 Å². The largest absolute Gasteiger partial charge is 0.201 e. The summed E-state index contributed by atoms with van der Waals surface area (Å²) in [6, 6.07) is 6.69. The maximum Gasteiger partial charge on any atom is 0.174 e. The first-order valence-electron chi connectivity index (χ1n) is 4.98. The van der Waals surface area contributed by atoms with Crippen LogP contribution in [0.1, 0.15) is 31.7 Å². The van der Waals surface area contributed by atoms with Crippen LogP contribution in [-0.4, -0.2) is 5.38 Å². The SMILES string of the molecule is ClC1CCCCC1[n+]1ccccc1. The van der Waals surface area contributed by atoms with Gasteiger partial charge in [-0.3, -0.25) is 0 Å². The van der Waals surface area contributed by atoms with Gasteiger partial charge in [-0.05, 0) is 12.8 Å². The fourth-order valence-corrected chi connectivity index (χ4v) is 2.45. The molecule has 2 unspecified atom stereocenters. The fraction of sp³-hybridized carbons (Fsp3) is 0.545. The van der Waals surface area contributed by atoms with Gasteiger partial charge in [0, 0.05) is 18.6 Å². The van der Waals surface area contributed by atoms with Gasteiger partial charge in [0.05, 0.1) is 5.38 Å². The molecule has 13 heavy (non-hydrogen) atoms. The van der Waals surface area contributed by atoms with Crippen LogP contribution in [0.5, 0.6) is 0 Å². The van der Waals surface area contributed by atoms with Gasteiger partial charge < -0.3 is 0 Å². The van der Waals surface area contributed by atoms with Gasteiger partial charge in [0.15, 0.2) is 18.4 Å². The Morgan fingerprint density at radius 2 is 1.69 bits per heavy atom. The predicted molar refractivity (Wildman–Crippen MR) is 53.8 cm³/mol. The third-order valence-corrected chi connectivity index (χ3v) is 3.28. The number of halogens is 1. The predicted octanol–water partition coefficient (Wildman–Crippen LogP) is 2.70. The molecule has 1 nitrogen and oxygen atoms in total. The van der Waals surface area contributed by atoms with Crippen molar-refractivity contribution in [3.63, 3.8) is 0 Å². The lowest BCUT2D eigenvalue weighted by Gasteiger charge is -2.22. The summed E-state index contributed by atoms with van der Waals surface area (Å²) in [7, 11) is 0. The molecule has 1 fully saturated rings. The van der Waals surface area contributed by atoms with Crippen LogP contribution in [0.25, 0.3) is 0 Å². The zero-order chi connectivity index (χ0) is 9.10. The molecule has 2 rings (SSSR count). The molecule has 0 amide bonds. The van der Waals surface area contributed by atoms with Crippen LogP contribution < -0.4 is 4.57 Å². The summed E-state index contributed by atoms with van der Waals surface area (Å²) < 4.78 is 2.25. The molecule has 0 aromatic carbocycles. The second kappa shape index (κ2) is 4.10. The maximum absolute atomic E-state index is 6.30. The second-order valence-corrected chi connectivity index (χ2v) is 4.25. The lowest BCUT2D eigenvalue weighted by molar-refractivity contribution is -0.724. The van der Waals surface area contributed by atoms with Crippen molar-refractivity contribution in [3.8, 4) is 0 Å². The van der Waals surface area contributed by atoms with E-state index in [4.69, 9.17) is 11.6 Å². The van der Waals surface area contributed by atoms with Crippen LogP contribution in [0.15, 0.2) is 30.6 Å². The maximum atomic E-state index is 6.30. The highest BCUT2D eigenvalue weighted by Crippen LogP contribution is 2.28. The van der Waals surface area contributed by atoms with Gasteiger partial charge in [-0.15, -0.1) is 11.6 Å². The zero-order valence-corrected chi connectivity index (χ0v) is 8.45. The minimum absolute atomic E-state index is 0.321. The molecule has 0 radical (unpaired) electrons. The van der Waals surface area contributed by atoms with E-state index in [1.54, 1.807) is 0 Å². The van der Waals surface area contributed by atoms with Crippen molar-refractivity contribution in [2.45, 2.75) is 37.1 Å². The average Bonchev–Trinajstić information content (AvgIpc) is 2.20. The summed E-state index contributed by atoms with van der Waals surface area (Å²) in [5, 5.41) is 0.321. The molecule has 0 saturated heterocycles. The number of alkyl halides is 1. The van der Waals surface area contributed by atoms with Crippen LogP contribution in [0.3, 0.4) is 0 Å². The topological polar surface area (TPSA) is 3.88 Å². The lowest BCUT2D eigenvalue weighted by Crippen LogP contribution is -2.44. The van der Waals surface area contributed by atoms with Gasteiger partial charge in [-0.1, -0.05) is 12.5 Å². The molecule has 2 heteroatoms. The van der Waals surface area contributed by atoms with Crippen molar-refractivity contribution in [2.24, 2.45) is 0 Å². The van der Waals surface area contributed by atoms with Crippen LogP contribution in [0.4, 0.5) is 0 Å². The summed E-state index contributed by atoms with van der Waals surface area (Å²) in [5.74, 6) is 0. The van der Waals surface area contributed by atoms with Crippen molar-refractivity contribution in [1.29, 1.82) is 0 Å². The molecule has 70 valence electrons. The quantitative estimate of drug-likeness (QED) is 0.481. The molecule has 2 atom stereocenters. The van der Waals surface area contributed by atoms with Gasteiger partial charge in [0.2, 0.25) is 0 Å². The second-order valence-electron chi connectivity index (χ2n) is 3.69. The van der Waals surface area contributed by atoms with Gasteiger partial charge in [0.1, 0.15) is 0 Å². The monoisotopic (exact) mass is 196 g/mol. The summed E-state index contributed by atoms with van der Waals surface area (Å²) in [5.41, 5.74) is 0. The Labute approximate surface area is 84.3 Å². The summed E-state index contributed by atoms with van der Waals surface area (Å²) in [4.78, 5) is 0. The normalized spacial score (nSPS) is 28.7. The molecular formula is C11H15ClN+. The first-order chi connectivity index (χ1) is 6.38. The van der Waals surface area contributed by atoms with E-state index in [2.05, 4.69) is 29.1 Å². The smallest absolute Gasteiger partial charge is 0.174 e. The van der Waals surface area contributed by atoms with E-state index < -0.39 is 0 Å². The van der Waals surface area contributed by atoms with E-state index in [9.17, 15) is 0 Å². The highest BCUT2D eigenvalue weighted by molar-refractivity contribution is 6.20. The van der Waals surface area contributed by atoms with E-state index in [1.807, 2.05) is 6.07 Å². The Kier molecular flexibility index (Phi) is 2.84. The van der Waals surface area contributed by atoms with Crippen molar-refractivity contribution < 1.29 is 4.57 Å². The minimum atomic E-state index is 0.321. The van der Waals surface area contributed by atoms with Crippen molar-refractivity contribution in [1.82, 2.24) is 0 Å². The van der Waals surface area contributed by atoms with Crippen molar-refractivity contribution in [3.05, 3.63) is 30.6 Å². The molecule has 1 aromatic heterocycles. The summed E-state index contributed by atoms with van der Waals surface area (Å²) in [6.45, 7) is 0. The van der Waals surface area contributed by atoms with E-state index in [1.165, 1.54) is 19.3 Å². The number of pyridine rings is 1. The molecule has 0 spiro atoms. The number of rotatable bonds is 1. The first kappa shape index (κ1) is 9.01. The van der Waals surface area contributed by atoms with Crippen LogP contribution in [0.2, 0.25) is 0 Å². The molecule has 1 heterocycles. The van der Waals surface area contributed by atoms with E-state index in [0.29, 0.717) is 11.4 Å². The van der Waals surface area contributed by atoms with Crippen LogP contribution in [-0.2, 0) is 0 Å². The van der Waals surface area contributed by atoms with E-state index >= 15 is 0 Å². The highest BCUT2D eigenvalue weighted by Gasteiger charge is 2.29. The number of aromatic nitrogens is 1. The fourth-order valence-electron chi connectivity index (χ4n) is 2.03. The molecule has 1 aliphatic rings.